The van der Waals surface area contributed by atoms with Gasteiger partial charge < -0.3 is 30.6 Å². The molecule has 6 nitrogen and oxygen atoms in total. The maximum absolute atomic E-state index is 12.4. The molecule has 0 aliphatic rings. The van der Waals surface area contributed by atoms with Gasteiger partial charge in [0.2, 0.25) is 0 Å². The predicted octanol–water partition coefficient (Wildman–Crippen LogP) is 19.8. The van der Waals surface area contributed by atoms with Crippen LogP contribution in [0.3, 0.4) is 0 Å². The summed E-state index contributed by atoms with van der Waals surface area (Å²) in [5, 5.41) is 72.7. The van der Waals surface area contributed by atoms with Gasteiger partial charge in [0.15, 0.2) is 0 Å². The Morgan fingerprint density at radius 2 is 0.347 bits per heavy atom. The van der Waals surface area contributed by atoms with Gasteiger partial charge in [-0.25, -0.2) is 0 Å². The second kappa shape index (κ2) is 54.1. The Morgan fingerprint density at radius 3 is 0.514 bits per heavy atom. The fourth-order valence-electron chi connectivity index (χ4n) is 11.6. The van der Waals surface area contributed by atoms with Crippen LogP contribution < -0.4 is 0 Å². The number of aliphatic hydroxyl groups excluding tert-OH is 4. The molecule has 0 fully saturated rings. The second-order valence-electron chi connectivity index (χ2n) is 24.0. The molecule has 6 atom stereocenters. The van der Waals surface area contributed by atoms with Crippen molar-refractivity contribution in [2.75, 3.05) is 0 Å². The van der Waals surface area contributed by atoms with Crippen molar-refractivity contribution in [1.82, 2.24) is 0 Å². The number of rotatable bonds is 61. The molecule has 0 aromatic rings. The van der Waals surface area contributed by atoms with Crippen LogP contribution in [0, 0.1) is 0 Å². The minimum absolute atomic E-state index is 0.158. The van der Waals surface area contributed by atoms with E-state index in [9.17, 15) is 30.6 Å². The topological polar surface area (TPSA) is 121 Å². The summed E-state index contributed by atoms with van der Waals surface area (Å²) in [6.45, 7) is 9.06. The third-order valence-electron chi connectivity index (χ3n) is 17.0. The molecule has 434 valence electrons. The van der Waals surface area contributed by atoms with Gasteiger partial charge in [-0.3, -0.25) is 0 Å². The van der Waals surface area contributed by atoms with Gasteiger partial charge in [0.25, 0.3) is 0 Å². The van der Waals surface area contributed by atoms with Crippen molar-refractivity contribution in [2.24, 2.45) is 0 Å². The molecule has 0 bridgehead atoms. The third kappa shape index (κ3) is 40.9. The molecule has 0 aromatic carbocycles. The maximum atomic E-state index is 12.4. The Bertz CT molecular complexity index is 961. The van der Waals surface area contributed by atoms with E-state index in [4.69, 9.17) is 0 Å². The van der Waals surface area contributed by atoms with Crippen molar-refractivity contribution >= 4 is 0 Å². The average molecular weight is 1020 g/mol. The molecule has 0 saturated carbocycles. The largest absolute Gasteiger partial charge is 0.390 e. The molecule has 0 aliphatic heterocycles. The van der Waals surface area contributed by atoms with Crippen molar-refractivity contribution in [1.29, 1.82) is 0 Å². The Balaban J connectivity index is 5.43. The van der Waals surface area contributed by atoms with Crippen LogP contribution in [0.1, 0.15) is 387 Å². The van der Waals surface area contributed by atoms with E-state index in [0.29, 0.717) is 25.7 Å². The molecule has 0 radical (unpaired) electrons. The standard InChI is InChI=1S/C66H134O6/c1-5-9-13-17-21-25-29-31-33-35-37-39-41-45-49-53-57-61(67)65(71,59-55-51-47-43-27-23-19-15-11-7-3)63(69)64(70)66(72,60-56-52-48-44-28-24-20-16-12-8-4)62(68)58-54-50-46-42-40-38-36-34-32-30-26-22-18-14-10-6-2/h61-64,67-72H,5-60H2,1-4H3/t61?,62?,63-,64-,65+,66+/m0/s1. The lowest BCUT2D eigenvalue weighted by Gasteiger charge is -2.46. The lowest BCUT2D eigenvalue weighted by atomic mass is 9.73. The zero-order chi connectivity index (χ0) is 52.9. The first-order chi connectivity index (χ1) is 35.1. The minimum atomic E-state index is -1.98. The van der Waals surface area contributed by atoms with Crippen molar-refractivity contribution in [3.63, 3.8) is 0 Å². The van der Waals surface area contributed by atoms with Crippen LogP contribution in [0.25, 0.3) is 0 Å². The Hall–Kier alpha value is -0.240. The summed E-state index contributed by atoms with van der Waals surface area (Å²) in [5.41, 5.74) is -3.95. The van der Waals surface area contributed by atoms with Gasteiger partial charge in [-0.15, -0.1) is 0 Å². The van der Waals surface area contributed by atoms with Crippen LogP contribution >= 0.6 is 0 Å². The smallest absolute Gasteiger partial charge is 0.119 e. The highest BCUT2D eigenvalue weighted by atomic mass is 16.4. The van der Waals surface area contributed by atoms with Gasteiger partial charge in [-0.1, -0.05) is 362 Å². The summed E-state index contributed by atoms with van der Waals surface area (Å²) in [6.07, 6.45) is 58.0. The zero-order valence-corrected chi connectivity index (χ0v) is 49.6. The van der Waals surface area contributed by atoms with E-state index in [1.165, 1.54) is 244 Å². The molecule has 0 amide bonds. The normalized spacial score (nSPS) is 15.4. The molecule has 0 spiro atoms. The van der Waals surface area contributed by atoms with E-state index in [-0.39, 0.29) is 12.8 Å². The van der Waals surface area contributed by atoms with Gasteiger partial charge in [0.05, 0.1) is 12.2 Å². The lowest BCUT2D eigenvalue weighted by Crippen LogP contribution is -2.65. The van der Waals surface area contributed by atoms with Crippen molar-refractivity contribution in [3.05, 3.63) is 0 Å². The monoisotopic (exact) mass is 1020 g/mol. The fourth-order valence-corrected chi connectivity index (χ4v) is 11.6. The zero-order valence-electron chi connectivity index (χ0n) is 49.6. The summed E-state index contributed by atoms with van der Waals surface area (Å²) in [6, 6.07) is 0. The van der Waals surface area contributed by atoms with Crippen LogP contribution in [0.2, 0.25) is 0 Å². The third-order valence-corrected chi connectivity index (χ3v) is 17.0. The number of hydrogen-bond donors (Lipinski definition) is 6. The van der Waals surface area contributed by atoms with Crippen LogP contribution in [0.4, 0.5) is 0 Å². The fraction of sp³-hybridized carbons (Fsp3) is 1.00. The number of aliphatic hydroxyl groups is 6. The Morgan fingerprint density at radius 1 is 0.208 bits per heavy atom. The molecular weight excluding hydrogens is 889 g/mol. The molecule has 0 aliphatic carbocycles. The summed E-state index contributed by atoms with van der Waals surface area (Å²) in [5.74, 6) is 0. The van der Waals surface area contributed by atoms with E-state index in [1.807, 2.05) is 0 Å². The second-order valence-corrected chi connectivity index (χ2v) is 24.0. The van der Waals surface area contributed by atoms with Crippen LogP contribution in [-0.4, -0.2) is 66.3 Å². The van der Waals surface area contributed by atoms with Crippen molar-refractivity contribution < 1.29 is 30.6 Å². The summed E-state index contributed by atoms with van der Waals surface area (Å²) in [4.78, 5) is 0. The molecule has 0 heterocycles. The quantitative estimate of drug-likeness (QED) is 0.0338. The molecule has 2 unspecified atom stereocenters. The molecule has 6 N–H and O–H groups in total. The molecule has 0 saturated heterocycles. The van der Waals surface area contributed by atoms with E-state index in [2.05, 4.69) is 27.7 Å². The van der Waals surface area contributed by atoms with Gasteiger partial charge in [0.1, 0.15) is 23.4 Å². The van der Waals surface area contributed by atoms with E-state index >= 15 is 0 Å². The first-order valence-corrected chi connectivity index (χ1v) is 33.3. The minimum Gasteiger partial charge on any atom is -0.390 e. The van der Waals surface area contributed by atoms with Crippen LogP contribution in [0.15, 0.2) is 0 Å². The average Bonchev–Trinajstić information content (AvgIpc) is 3.38. The molecule has 72 heavy (non-hydrogen) atoms. The number of unbranched alkanes of at least 4 members (excludes halogenated alkanes) is 48. The predicted molar refractivity (Wildman–Crippen MR) is 315 cm³/mol. The summed E-state index contributed by atoms with van der Waals surface area (Å²) in [7, 11) is 0. The van der Waals surface area contributed by atoms with E-state index in [0.717, 1.165) is 77.0 Å². The Labute approximate surface area is 451 Å². The molecule has 0 aromatic heterocycles. The van der Waals surface area contributed by atoms with Crippen molar-refractivity contribution in [3.8, 4) is 0 Å². The SMILES string of the molecule is CCCCCCCCCCCCCCCCCCC(O)[C@](O)(CCCCCCCCCCCC)[C@@H](O)[C@H](O)[C@@](O)(CCCCCCCCCCCC)C(O)CCCCCCCCCCCCCCCCCC. The number of hydrogen-bond acceptors (Lipinski definition) is 6. The van der Waals surface area contributed by atoms with Crippen LogP contribution in [0.5, 0.6) is 0 Å². The van der Waals surface area contributed by atoms with Gasteiger partial charge in [0, 0.05) is 0 Å². The highest BCUT2D eigenvalue weighted by Crippen LogP contribution is 2.36. The van der Waals surface area contributed by atoms with Gasteiger partial charge in [-0.05, 0) is 25.7 Å². The lowest BCUT2D eigenvalue weighted by molar-refractivity contribution is -0.238. The first-order valence-electron chi connectivity index (χ1n) is 33.3. The first kappa shape index (κ1) is 71.8. The highest BCUT2D eigenvalue weighted by Gasteiger charge is 2.53. The molecule has 6 heteroatoms. The Kier molecular flexibility index (Phi) is 53.9. The van der Waals surface area contributed by atoms with Crippen LogP contribution in [-0.2, 0) is 0 Å². The maximum Gasteiger partial charge on any atom is 0.119 e. The molecular formula is C66H134O6. The highest BCUT2D eigenvalue weighted by molar-refractivity contribution is 5.05. The molecule has 0 rings (SSSR count). The van der Waals surface area contributed by atoms with Gasteiger partial charge in [-0.2, -0.15) is 0 Å². The van der Waals surface area contributed by atoms with E-state index in [1.54, 1.807) is 0 Å². The summed E-state index contributed by atoms with van der Waals surface area (Å²) >= 11 is 0. The van der Waals surface area contributed by atoms with E-state index < -0.39 is 35.6 Å². The summed E-state index contributed by atoms with van der Waals surface area (Å²) < 4.78 is 0. The van der Waals surface area contributed by atoms with Gasteiger partial charge >= 0.3 is 0 Å². The van der Waals surface area contributed by atoms with Crippen molar-refractivity contribution in [2.45, 2.75) is 423 Å².